The molecule has 1 amide bonds. The Labute approximate surface area is 152 Å². The number of hydrogen-bond acceptors (Lipinski definition) is 6. The van der Waals surface area contributed by atoms with Crippen molar-refractivity contribution in [3.05, 3.63) is 58.1 Å². The van der Waals surface area contributed by atoms with Gasteiger partial charge in [-0.3, -0.25) is 4.79 Å². The molecule has 0 atom stereocenters. The van der Waals surface area contributed by atoms with Crippen molar-refractivity contribution < 1.29 is 23.8 Å². The minimum Gasteiger partial charge on any atom is -0.493 e. The number of methoxy groups -OCH3 is 2. The second-order valence-corrected chi connectivity index (χ2v) is 5.59. The van der Waals surface area contributed by atoms with Crippen LogP contribution >= 0.6 is 15.9 Å². The van der Waals surface area contributed by atoms with E-state index in [1.54, 1.807) is 36.4 Å². The molecule has 0 bridgehead atoms. The van der Waals surface area contributed by atoms with Crippen molar-refractivity contribution >= 4 is 34.2 Å². The molecule has 0 saturated heterocycles. The topological polar surface area (TPSA) is 86.2 Å². The lowest BCUT2D eigenvalue weighted by Gasteiger charge is -2.08. The number of hydrazone groups is 1. The largest absolute Gasteiger partial charge is 0.513 e. The Morgan fingerprint density at radius 3 is 2.44 bits per heavy atom. The van der Waals surface area contributed by atoms with Gasteiger partial charge < -0.3 is 14.2 Å². The van der Waals surface area contributed by atoms with Crippen molar-refractivity contribution in [2.75, 3.05) is 14.2 Å². The zero-order chi connectivity index (χ0) is 18.2. The van der Waals surface area contributed by atoms with E-state index in [2.05, 4.69) is 31.2 Å². The summed E-state index contributed by atoms with van der Waals surface area (Å²) in [7, 11) is 2.65. The lowest BCUT2D eigenvalue weighted by molar-refractivity contribution is 0.0955. The van der Waals surface area contributed by atoms with Crippen molar-refractivity contribution in [1.82, 2.24) is 5.43 Å². The number of halogens is 1. The fourth-order valence-corrected chi connectivity index (χ4v) is 2.08. The Hall–Kier alpha value is -2.87. The number of rotatable bonds is 5. The van der Waals surface area contributed by atoms with E-state index in [4.69, 9.17) is 9.47 Å². The van der Waals surface area contributed by atoms with Crippen LogP contribution in [0.4, 0.5) is 4.79 Å². The van der Waals surface area contributed by atoms with Crippen molar-refractivity contribution in [2.24, 2.45) is 5.10 Å². The van der Waals surface area contributed by atoms with Crippen LogP contribution in [0, 0.1) is 0 Å². The normalized spacial score (nSPS) is 10.4. The van der Waals surface area contributed by atoms with Gasteiger partial charge in [-0.15, -0.1) is 0 Å². The minimum absolute atomic E-state index is 0.213. The second kappa shape index (κ2) is 8.84. The third-order valence-electron chi connectivity index (χ3n) is 3.03. The van der Waals surface area contributed by atoms with Crippen molar-refractivity contribution in [3.8, 4) is 11.5 Å². The lowest BCUT2D eigenvalue weighted by atomic mass is 10.2. The van der Waals surface area contributed by atoms with E-state index in [1.807, 2.05) is 0 Å². The molecule has 0 spiro atoms. The highest BCUT2D eigenvalue weighted by atomic mass is 79.9. The van der Waals surface area contributed by atoms with E-state index in [-0.39, 0.29) is 11.7 Å². The van der Waals surface area contributed by atoms with Gasteiger partial charge in [-0.2, -0.15) is 5.10 Å². The van der Waals surface area contributed by atoms with E-state index >= 15 is 0 Å². The fourth-order valence-electron chi connectivity index (χ4n) is 1.81. The van der Waals surface area contributed by atoms with Crippen LogP contribution in [0.1, 0.15) is 15.9 Å². The first-order valence-corrected chi connectivity index (χ1v) is 7.85. The highest BCUT2D eigenvalue weighted by Crippen LogP contribution is 2.27. The van der Waals surface area contributed by atoms with Crippen molar-refractivity contribution in [3.63, 3.8) is 0 Å². The van der Waals surface area contributed by atoms with Crippen LogP contribution < -0.4 is 14.9 Å². The molecule has 2 aromatic carbocycles. The van der Waals surface area contributed by atoms with Gasteiger partial charge in [0.25, 0.3) is 5.91 Å². The Kier molecular flexibility index (Phi) is 6.53. The summed E-state index contributed by atoms with van der Waals surface area (Å²) in [5.41, 5.74) is 3.56. The molecule has 25 heavy (non-hydrogen) atoms. The number of hydrogen-bond donors (Lipinski definition) is 1. The van der Waals surface area contributed by atoms with Gasteiger partial charge in [-0.1, -0.05) is 15.9 Å². The first-order valence-electron chi connectivity index (χ1n) is 7.06. The Balaban J connectivity index is 2.04. The van der Waals surface area contributed by atoms with Gasteiger partial charge in [-0.05, 0) is 48.0 Å². The SMILES string of the molecule is COC(=O)Oc1ccc(/C=N\NC(=O)c2ccc(Br)cc2)cc1OC. The maximum Gasteiger partial charge on any atom is 0.513 e. The van der Waals surface area contributed by atoms with Crippen molar-refractivity contribution in [2.45, 2.75) is 0 Å². The summed E-state index contributed by atoms with van der Waals surface area (Å²) in [4.78, 5) is 23.1. The Morgan fingerprint density at radius 1 is 1.08 bits per heavy atom. The predicted octanol–water partition coefficient (Wildman–Crippen LogP) is 3.37. The molecule has 0 aliphatic heterocycles. The first kappa shape index (κ1) is 18.5. The van der Waals surface area contributed by atoms with Gasteiger partial charge in [0, 0.05) is 10.0 Å². The number of nitrogens with zero attached hydrogens (tertiary/aromatic N) is 1. The molecule has 0 heterocycles. The Morgan fingerprint density at radius 2 is 1.80 bits per heavy atom. The molecular weight excluding hydrogens is 392 g/mol. The second-order valence-electron chi connectivity index (χ2n) is 4.67. The number of ether oxygens (including phenoxy) is 3. The van der Waals surface area contributed by atoms with Crippen LogP contribution in [0.5, 0.6) is 11.5 Å². The number of amides is 1. The van der Waals surface area contributed by atoms with Crippen LogP contribution in [0.3, 0.4) is 0 Å². The van der Waals surface area contributed by atoms with E-state index in [1.165, 1.54) is 26.5 Å². The molecule has 0 saturated carbocycles. The minimum atomic E-state index is -0.846. The fraction of sp³-hybridized carbons (Fsp3) is 0.118. The van der Waals surface area contributed by atoms with Gasteiger partial charge in [0.05, 0.1) is 20.4 Å². The van der Waals surface area contributed by atoms with Crippen LogP contribution in [-0.4, -0.2) is 32.5 Å². The predicted molar refractivity (Wildman–Crippen MR) is 95.2 cm³/mol. The molecule has 0 aliphatic carbocycles. The molecule has 2 rings (SSSR count). The van der Waals surface area contributed by atoms with Gasteiger partial charge >= 0.3 is 6.16 Å². The third-order valence-corrected chi connectivity index (χ3v) is 3.56. The maximum atomic E-state index is 11.9. The number of nitrogens with one attached hydrogen (secondary N) is 1. The summed E-state index contributed by atoms with van der Waals surface area (Å²) in [5, 5.41) is 3.90. The molecule has 0 fully saturated rings. The molecule has 8 heteroatoms. The summed E-state index contributed by atoms with van der Waals surface area (Å²) in [6.07, 6.45) is 0.600. The molecular formula is C17H15BrN2O5. The lowest BCUT2D eigenvalue weighted by Crippen LogP contribution is -2.17. The van der Waals surface area contributed by atoms with E-state index in [0.29, 0.717) is 16.9 Å². The zero-order valence-electron chi connectivity index (χ0n) is 13.5. The van der Waals surface area contributed by atoms with E-state index in [9.17, 15) is 9.59 Å². The molecule has 1 N–H and O–H groups in total. The number of carbonyl (C=O) groups excluding carboxylic acids is 2. The highest BCUT2D eigenvalue weighted by molar-refractivity contribution is 9.10. The van der Waals surface area contributed by atoms with Crippen LogP contribution in [-0.2, 0) is 4.74 Å². The third kappa shape index (κ3) is 5.32. The maximum absolute atomic E-state index is 11.9. The highest BCUT2D eigenvalue weighted by Gasteiger charge is 2.10. The average Bonchev–Trinajstić information content (AvgIpc) is 2.63. The number of carbonyl (C=O) groups is 2. The summed E-state index contributed by atoms with van der Waals surface area (Å²) in [5.74, 6) is 0.209. The zero-order valence-corrected chi connectivity index (χ0v) is 15.1. The molecule has 0 radical (unpaired) electrons. The van der Waals surface area contributed by atoms with Gasteiger partial charge in [0.1, 0.15) is 0 Å². The molecule has 2 aromatic rings. The average molecular weight is 407 g/mol. The monoisotopic (exact) mass is 406 g/mol. The van der Waals surface area contributed by atoms with Gasteiger partial charge in [0.15, 0.2) is 11.5 Å². The molecule has 7 nitrogen and oxygen atoms in total. The standard InChI is InChI=1S/C17H15BrN2O5/c1-23-15-9-11(3-8-14(15)25-17(22)24-2)10-19-20-16(21)12-4-6-13(18)7-5-12/h3-10H,1-2H3,(H,20,21)/b19-10-. The van der Waals surface area contributed by atoms with Crippen LogP contribution in [0.15, 0.2) is 52.0 Å². The van der Waals surface area contributed by atoms with E-state index < -0.39 is 6.16 Å². The van der Waals surface area contributed by atoms with Crippen molar-refractivity contribution in [1.29, 1.82) is 0 Å². The molecule has 130 valence electrons. The Bertz CT molecular complexity index is 790. The van der Waals surface area contributed by atoms with E-state index in [0.717, 1.165) is 4.47 Å². The van der Waals surface area contributed by atoms with Crippen LogP contribution in [0.25, 0.3) is 0 Å². The first-order chi connectivity index (χ1) is 12.0. The van der Waals surface area contributed by atoms with Gasteiger partial charge in [-0.25, -0.2) is 10.2 Å². The molecule has 0 unspecified atom stereocenters. The smallest absolute Gasteiger partial charge is 0.493 e. The quantitative estimate of drug-likeness (QED) is 0.356. The molecule has 0 aromatic heterocycles. The summed E-state index contributed by atoms with van der Waals surface area (Å²) in [6.45, 7) is 0. The summed E-state index contributed by atoms with van der Waals surface area (Å²) in [6, 6.07) is 11.7. The van der Waals surface area contributed by atoms with Gasteiger partial charge in [0.2, 0.25) is 0 Å². The summed E-state index contributed by atoms with van der Waals surface area (Å²) < 4.78 is 15.4. The van der Waals surface area contributed by atoms with Crippen LogP contribution in [0.2, 0.25) is 0 Å². The summed E-state index contributed by atoms with van der Waals surface area (Å²) >= 11 is 3.30. The number of benzene rings is 2. The molecule has 0 aliphatic rings.